The second-order valence-electron chi connectivity index (χ2n) is 12.4. The minimum absolute atomic E-state index is 0.0240. The fourth-order valence-corrected chi connectivity index (χ4v) is 5.81. The number of benzene rings is 3. The van der Waals surface area contributed by atoms with E-state index >= 15 is 0 Å². The molecule has 2 aliphatic rings. The van der Waals surface area contributed by atoms with E-state index in [1.807, 2.05) is 61.5 Å². The Kier molecular flexibility index (Phi) is 8.78. The van der Waals surface area contributed by atoms with Crippen molar-refractivity contribution in [2.24, 2.45) is 5.92 Å². The van der Waals surface area contributed by atoms with Crippen LogP contribution in [0.4, 0.5) is 0 Å². The standard InChI is InChI=1S/C35H41N3O4/c1-24-31(34(41)37-16-18-42-19-17-37)20-28(33(40)38(24)23-25-12-14-29(15-13-25)35(2,3)4)21-32(39)36-22-27-10-7-9-26-8-5-6-11-30(26)27/h5-15,28H,16-23H2,1-4H3,(H,36,39). The fraction of sp³-hybridized carbons (Fsp3) is 0.400. The van der Waals surface area contributed by atoms with Crippen LogP contribution in [-0.2, 0) is 37.6 Å². The van der Waals surface area contributed by atoms with E-state index < -0.39 is 5.92 Å². The molecule has 1 saturated heterocycles. The molecular formula is C35H41N3O4. The Morgan fingerprint density at radius 2 is 1.64 bits per heavy atom. The molecule has 0 bridgehead atoms. The molecule has 2 aliphatic heterocycles. The molecule has 0 spiro atoms. The van der Waals surface area contributed by atoms with Crippen LogP contribution in [0.1, 0.15) is 57.2 Å². The Hall–Kier alpha value is -3.97. The van der Waals surface area contributed by atoms with Crippen LogP contribution in [0.2, 0.25) is 0 Å². The lowest BCUT2D eigenvalue weighted by atomic mass is 9.86. The van der Waals surface area contributed by atoms with Gasteiger partial charge in [0.15, 0.2) is 0 Å². The molecule has 2 heterocycles. The third kappa shape index (κ3) is 6.57. The van der Waals surface area contributed by atoms with Gasteiger partial charge in [-0.1, -0.05) is 87.5 Å². The first-order valence-corrected chi connectivity index (χ1v) is 14.8. The minimum atomic E-state index is -0.616. The molecule has 0 aromatic heterocycles. The molecule has 3 amide bonds. The summed E-state index contributed by atoms with van der Waals surface area (Å²) in [5.41, 5.74) is 4.52. The van der Waals surface area contributed by atoms with Gasteiger partial charge < -0.3 is 19.9 Å². The predicted molar refractivity (Wildman–Crippen MR) is 164 cm³/mol. The molecule has 3 aromatic rings. The van der Waals surface area contributed by atoms with Crippen molar-refractivity contribution in [2.45, 2.75) is 59.0 Å². The summed E-state index contributed by atoms with van der Waals surface area (Å²) < 4.78 is 5.45. The van der Waals surface area contributed by atoms with Crippen molar-refractivity contribution >= 4 is 28.5 Å². The zero-order valence-corrected chi connectivity index (χ0v) is 25.1. The van der Waals surface area contributed by atoms with Crippen molar-refractivity contribution in [2.75, 3.05) is 26.3 Å². The summed E-state index contributed by atoms with van der Waals surface area (Å²) in [4.78, 5) is 44.2. The SMILES string of the molecule is CC1=C(C(=O)N2CCOCC2)CC(CC(=O)NCc2cccc3ccccc23)C(=O)N1Cc1ccc(C(C)(C)C)cc1. The number of fused-ring (bicyclic) bond motifs is 1. The number of hydrogen-bond donors (Lipinski definition) is 1. The number of carbonyl (C=O) groups is 3. The topological polar surface area (TPSA) is 79.0 Å². The molecule has 220 valence electrons. The number of nitrogens with one attached hydrogen (secondary N) is 1. The van der Waals surface area contributed by atoms with Crippen molar-refractivity contribution in [1.29, 1.82) is 0 Å². The van der Waals surface area contributed by atoms with Gasteiger partial charge in [0.2, 0.25) is 11.8 Å². The van der Waals surface area contributed by atoms with Crippen LogP contribution in [0.15, 0.2) is 78.0 Å². The Bertz CT molecular complexity index is 1490. The summed E-state index contributed by atoms with van der Waals surface area (Å²) in [6, 6.07) is 22.4. The lowest BCUT2D eigenvalue weighted by Crippen LogP contribution is -2.46. The van der Waals surface area contributed by atoms with Gasteiger partial charge in [0, 0.05) is 37.3 Å². The van der Waals surface area contributed by atoms with Crippen LogP contribution in [0.3, 0.4) is 0 Å². The van der Waals surface area contributed by atoms with Crippen molar-refractivity contribution in [3.05, 3.63) is 94.7 Å². The first-order valence-electron chi connectivity index (χ1n) is 14.8. The van der Waals surface area contributed by atoms with E-state index in [9.17, 15) is 14.4 Å². The summed E-state index contributed by atoms with van der Waals surface area (Å²) in [5, 5.41) is 5.23. The molecule has 42 heavy (non-hydrogen) atoms. The summed E-state index contributed by atoms with van der Waals surface area (Å²) >= 11 is 0. The molecule has 5 rings (SSSR count). The molecule has 1 N–H and O–H groups in total. The fourth-order valence-electron chi connectivity index (χ4n) is 5.81. The van der Waals surface area contributed by atoms with Crippen molar-refractivity contribution < 1.29 is 19.1 Å². The van der Waals surface area contributed by atoms with E-state index in [2.05, 4.69) is 38.2 Å². The molecule has 1 fully saturated rings. The molecule has 0 saturated carbocycles. The zero-order chi connectivity index (χ0) is 29.9. The van der Waals surface area contributed by atoms with E-state index in [0.29, 0.717) is 50.7 Å². The highest BCUT2D eigenvalue weighted by atomic mass is 16.5. The smallest absolute Gasteiger partial charge is 0.251 e. The van der Waals surface area contributed by atoms with Gasteiger partial charge in [0.1, 0.15) is 0 Å². The highest BCUT2D eigenvalue weighted by Crippen LogP contribution is 2.33. The molecular weight excluding hydrogens is 526 g/mol. The van der Waals surface area contributed by atoms with Gasteiger partial charge in [0.05, 0.1) is 25.7 Å². The molecule has 3 aromatic carbocycles. The maximum atomic E-state index is 13.9. The number of ether oxygens (including phenoxy) is 1. The summed E-state index contributed by atoms with van der Waals surface area (Å²) in [5.74, 6) is -1.01. The maximum Gasteiger partial charge on any atom is 0.251 e. The number of rotatable bonds is 7. The third-order valence-electron chi connectivity index (χ3n) is 8.41. The van der Waals surface area contributed by atoms with Gasteiger partial charge in [-0.25, -0.2) is 0 Å². The molecule has 0 radical (unpaired) electrons. The summed E-state index contributed by atoms with van der Waals surface area (Å²) in [7, 11) is 0. The van der Waals surface area contributed by atoms with E-state index in [1.54, 1.807) is 9.80 Å². The second kappa shape index (κ2) is 12.5. The number of amides is 3. The molecule has 1 unspecified atom stereocenters. The third-order valence-corrected chi connectivity index (χ3v) is 8.41. The van der Waals surface area contributed by atoms with Crippen molar-refractivity contribution in [1.82, 2.24) is 15.1 Å². The van der Waals surface area contributed by atoms with E-state index in [4.69, 9.17) is 4.74 Å². The zero-order valence-electron chi connectivity index (χ0n) is 25.1. The second-order valence-corrected chi connectivity index (χ2v) is 12.4. The van der Waals surface area contributed by atoms with E-state index in [-0.39, 0.29) is 36.0 Å². The van der Waals surface area contributed by atoms with Gasteiger partial charge in [-0.3, -0.25) is 14.4 Å². The van der Waals surface area contributed by atoms with E-state index in [1.165, 1.54) is 5.56 Å². The Labute approximate surface area is 248 Å². The Morgan fingerprint density at radius 1 is 0.952 bits per heavy atom. The van der Waals surface area contributed by atoms with Gasteiger partial charge in [-0.15, -0.1) is 0 Å². The quantitative estimate of drug-likeness (QED) is 0.419. The van der Waals surface area contributed by atoms with Crippen molar-refractivity contribution in [3.8, 4) is 0 Å². The van der Waals surface area contributed by atoms with Crippen LogP contribution in [-0.4, -0.2) is 53.8 Å². The largest absolute Gasteiger partial charge is 0.378 e. The Morgan fingerprint density at radius 3 is 2.36 bits per heavy atom. The van der Waals surface area contributed by atoms with Gasteiger partial charge >= 0.3 is 0 Å². The van der Waals surface area contributed by atoms with Crippen LogP contribution < -0.4 is 5.32 Å². The number of hydrogen-bond acceptors (Lipinski definition) is 4. The molecule has 1 atom stereocenters. The van der Waals surface area contributed by atoms with Crippen LogP contribution in [0.5, 0.6) is 0 Å². The number of allylic oxidation sites excluding steroid dienone is 1. The van der Waals surface area contributed by atoms with Crippen LogP contribution >= 0.6 is 0 Å². The van der Waals surface area contributed by atoms with Gasteiger partial charge in [0.25, 0.3) is 5.91 Å². The van der Waals surface area contributed by atoms with Crippen LogP contribution in [0, 0.1) is 5.92 Å². The first-order chi connectivity index (χ1) is 20.1. The average Bonchev–Trinajstić information content (AvgIpc) is 2.99. The highest BCUT2D eigenvalue weighted by molar-refractivity contribution is 5.98. The van der Waals surface area contributed by atoms with Crippen LogP contribution in [0.25, 0.3) is 10.8 Å². The van der Waals surface area contributed by atoms with Gasteiger partial charge in [-0.05, 0) is 46.2 Å². The lowest BCUT2D eigenvalue weighted by Gasteiger charge is -2.37. The number of carbonyl (C=O) groups excluding carboxylic acids is 3. The maximum absolute atomic E-state index is 13.9. The highest BCUT2D eigenvalue weighted by Gasteiger charge is 2.38. The van der Waals surface area contributed by atoms with E-state index in [0.717, 1.165) is 21.9 Å². The van der Waals surface area contributed by atoms with Gasteiger partial charge in [-0.2, -0.15) is 0 Å². The minimum Gasteiger partial charge on any atom is -0.378 e. The summed E-state index contributed by atoms with van der Waals surface area (Å²) in [6.07, 6.45) is 0.276. The monoisotopic (exact) mass is 567 g/mol. The summed E-state index contributed by atoms with van der Waals surface area (Å²) in [6.45, 7) is 11.1. The normalized spacial score (nSPS) is 18.0. The number of nitrogens with zero attached hydrogens (tertiary/aromatic N) is 2. The lowest BCUT2D eigenvalue weighted by molar-refractivity contribution is -0.139. The molecule has 7 nitrogen and oxygen atoms in total. The Balaban J connectivity index is 1.35. The van der Waals surface area contributed by atoms with Crippen molar-refractivity contribution in [3.63, 3.8) is 0 Å². The molecule has 7 heteroatoms. The molecule has 0 aliphatic carbocycles. The average molecular weight is 568 g/mol. The first kappa shape index (κ1) is 29.5. The predicted octanol–water partition coefficient (Wildman–Crippen LogP) is 5.33. The number of morpholine rings is 1.